The molecule has 2 unspecified atom stereocenters. The number of alkyl halides is 1. The Morgan fingerprint density at radius 2 is 1.79 bits per heavy atom. The van der Waals surface area contributed by atoms with Crippen molar-refractivity contribution in [1.29, 1.82) is 0 Å². The maximum atomic E-state index is 13.7. The molecular weight excluding hydrogens is 177 g/mol. The van der Waals surface area contributed by atoms with E-state index in [2.05, 4.69) is 19.2 Å². The van der Waals surface area contributed by atoms with E-state index >= 15 is 0 Å². The molecule has 1 N–H and O–H groups in total. The third-order valence-electron chi connectivity index (χ3n) is 3.10. The molecule has 0 saturated heterocycles. The molecule has 1 aliphatic carbocycles. The molecule has 84 valence electrons. The highest BCUT2D eigenvalue weighted by atomic mass is 19.1. The van der Waals surface area contributed by atoms with Crippen LogP contribution in [0, 0.1) is 5.92 Å². The SMILES string of the molecule is CC(C)NCC1CCCCCCC1F. The molecule has 14 heavy (non-hydrogen) atoms. The standard InChI is InChI=1S/C12H24FN/c1-10(2)14-9-11-7-5-3-4-6-8-12(11)13/h10-12,14H,3-9H2,1-2H3. The largest absolute Gasteiger partial charge is 0.314 e. The molecule has 0 aliphatic heterocycles. The van der Waals surface area contributed by atoms with Crippen LogP contribution in [0.25, 0.3) is 0 Å². The van der Waals surface area contributed by atoms with E-state index in [4.69, 9.17) is 0 Å². The molecule has 1 saturated carbocycles. The van der Waals surface area contributed by atoms with E-state index in [9.17, 15) is 4.39 Å². The smallest absolute Gasteiger partial charge is 0.104 e. The molecule has 0 heterocycles. The topological polar surface area (TPSA) is 12.0 Å². The summed E-state index contributed by atoms with van der Waals surface area (Å²) in [7, 11) is 0. The van der Waals surface area contributed by atoms with Crippen molar-refractivity contribution in [3.63, 3.8) is 0 Å². The van der Waals surface area contributed by atoms with Crippen LogP contribution in [0.15, 0.2) is 0 Å². The van der Waals surface area contributed by atoms with Gasteiger partial charge in [-0.05, 0) is 12.8 Å². The van der Waals surface area contributed by atoms with Gasteiger partial charge < -0.3 is 5.32 Å². The number of hydrogen-bond donors (Lipinski definition) is 1. The van der Waals surface area contributed by atoms with E-state index < -0.39 is 6.17 Å². The number of rotatable bonds is 3. The van der Waals surface area contributed by atoms with Crippen molar-refractivity contribution in [2.75, 3.05) is 6.54 Å². The van der Waals surface area contributed by atoms with Crippen molar-refractivity contribution in [3.05, 3.63) is 0 Å². The van der Waals surface area contributed by atoms with Gasteiger partial charge in [0.25, 0.3) is 0 Å². The van der Waals surface area contributed by atoms with Gasteiger partial charge in [-0.2, -0.15) is 0 Å². The second-order valence-electron chi connectivity index (χ2n) is 4.83. The first-order valence-corrected chi connectivity index (χ1v) is 6.07. The van der Waals surface area contributed by atoms with Crippen molar-refractivity contribution >= 4 is 0 Å². The Balaban J connectivity index is 2.29. The fourth-order valence-corrected chi connectivity index (χ4v) is 2.13. The van der Waals surface area contributed by atoms with Crippen LogP contribution in [-0.2, 0) is 0 Å². The van der Waals surface area contributed by atoms with Gasteiger partial charge in [-0.15, -0.1) is 0 Å². The van der Waals surface area contributed by atoms with Crippen LogP contribution >= 0.6 is 0 Å². The van der Waals surface area contributed by atoms with E-state index in [0.717, 1.165) is 25.8 Å². The molecule has 0 spiro atoms. The average molecular weight is 201 g/mol. The zero-order valence-corrected chi connectivity index (χ0v) is 9.56. The summed E-state index contributed by atoms with van der Waals surface area (Å²) in [6.45, 7) is 5.10. The zero-order chi connectivity index (χ0) is 10.4. The Hall–Kier alpha value is -0.110. The second-order valence-corrected chi connectivity index (χ2v) is 4.83. The van der Waals surface area contributed by atoms with Crippen LogP contribution in [-0.4, -0.2) is 18.8 Å². The summed E-state index contributed by atoms with van der Waals surface area (Å²) in [6, 6.07) is 0.479. The molecule has 2 heteroatoms. The molecule has 0 amide bonds. The summed E-state index contributed by atoms with van der Waals surface area (Å²) >= 11 is 0. The van der Waals surface area contributed by atoms with Crippen molar-refractivity contribution in [3.8, 4) is 0 Å². The van der Waals surface area contributed by atoms with Crippen molar-refractivity contribution < 1.29 is 4.39 Å². The van der Waals surface area contributed by atoms with Gasteiger partial charge in [0.05, 0.1) is 0 Å². The average Bonchev–Trinajstić information content (AvgIpc) is 2.10. The number of nitrogens with one attached hydrogen (secondary N) is 1. The second kappa shape index (κ2) is 6.39. The van der Waals surface area contributed by atoms with E-state index in [1.165, 1.54) is 19.3 Å². The van der Waals surface area contributed by atoms with Gasteiger partial charge in [0, 0.05) is 18.5 Å². The van der Waals surface area contributed by atoms with Gasteiger partial charge in [-0.3, -0.25) is 0 Å². The predicted octanol–water partition coefficient (Wildman–Crippen LogP) is 3.29. The van der Waals surface area contributed by atoms with E-state index in [0.29, 0.717) is 6.04 Å². The van der Waals surface area contributed by atoms with Gasteiger partial charge in [-0.1, -0.05) is 39.5 Å². The van der Waals surface area contributed by atoms with E-state index in [1.54, 1.807) is 0 Å². The Morgan fingerprint density at radius 1 is 1.14 bits per heavy atom. The summed E-state index contributed by atoms with van der Waals surface area (Å²) in [5, 5.41) is 3.35. The van der Waals surface area contributed by atoms with Crippen LogP contribution < -0.4 is 5.32 Å². The highest BCUT2D eigenvalue weighted by Gasteiger charge is 2.21. The van der Waals surface area contributed by atoms with Crippen molar-refractivity contribution in [2.45, 2.75) is 64.6 Å². The first kappa shape index (κ1) is 12.0. The molecule has 0 radical (unpaired) electrons. The molecule has 0 aromatic carbocycles. The van der Waals surface area contributed by atoms with E-state index in [1.807, 2.05) is 0 Å². The Morgan fingerprint density at radius 3 is 2.43 bits per heavy atom. The first-order chi connectivity index (χ1) is 6.70. The highest BCUT2D eigenvalue weighted by molar-refractivity contribution is 4.75. The Bertz CT molecular complexity index is 147. The van der Waals surface area contributed by atoms with Crippen molar-refractivity contribution in [2.24, 2.45) is 5.92 Å². The van der Waals surface area contributed by atoms with E-state index in [-0.39, 0.29) is 5.92 Å². The molecule has 1 nitrogen and oxygen atoms in total. The van der Waals surface area contributed by atoms with Crippen LogP contribution in [0.2, 0.25) is 0 Å². The van der Waals surface area contributed by atoms with Gasteiger partial charge >= 0.3 is 0 Å². The molecule has 1 fully saturated rings. The lowest BCUT2D eigenvalue weighted by atomic mass is 9.89. The lowest BCUT2D eigenvalue weighted by molar-refractivity contribution is 0.179. The van der Waals surface area contributed by atoms with Gasteiger partial charge in [0.2, 0.25) is 0 Å². The summed E-state index contributed by atoms with van der Waals surface area (Å²) in [6.07, 6.45) is 6.10. The van der Waals surface area contributed by atoms with Gasteiger partial charge in [0.15, 0.2) is 0 Å². The maximum Gasteiger partial charge on any atom is 0.104 e. The van der Waals surface area contributed by atoms with Crippen LogP contribution in [0.3, 0.4) is 0 Å². The van der Waals surface area contributed by atoms with Crippen LogP contribution in [0.4, 0.5) is 4.39 Å². The Kier molecular flexibility index (Phi) is 5.46. The van der Waals surface area contributed by atoms with Crippen LogP contribution in [0.1, 0.15) is 52.4 Å². The first-order valence-electron chi connectivity index (χ1n) is 6.07. The summed E-state index contributed by atoms with van der Waals surface area (Å²) in [4.78, 5) is 0. The van der Waals surface area contributed by atoms with Gasteiger partial charge in [0.1, 0.15) is 6.17 Å². The lowest BCUT2D eigenvalue weighted by Gasteiger charge is -2.24. The molecule has 0 aromatic heterocycles. The minimum atomic E-state index is -0.568. The zero-order valence-electron chi connectivity index (χ0n) is 9.56. The quantitative estimate of drug-likeness (QED) is 0.739. The predicted molar refractivity (Wildman–Crippen MR) is 59.2 cm³/mol. The fraction of sp³-hybridized carbons (Fsp3) is 1.00. The monoisotopic (exact) mass is 201 g/mol. The van der Waals surface area contributed by atoms with Crippen molar-refractivity contribution in [1.82, 2.24) is 5.32 Å². The summed E-state index contributed by atoms with van der Waals surface area (Å²) in [5.74, 6) is 0.262. The third kappa shape index (κ3) is 4.41. The summed E-state index contributed by atoms with van der Waals surface area (Å²) in [5.41, 5.74) is 0. The minimum Gasteiger partial charge on any atom is -0.314 e. The van der Waals surface area contributed by atoms with Crippen LogP contribution in [0.5, 0.6) is 0 Å². The number of halogens is 1. The molecule has 0 aromatic rings. The molecule has 0 bridgehead atoms. The molecular formula is C12H24FN. The maximum absolute atomic E-state index is 13.7. The highest BCUT2D eigenvalue weighted by Crippen LogP contribution is 2.24. The molecule has 2 atom stereocenters. The minimum absolute atomic E-state index is 0.262. The fourth-order valence-electron chi connectivity index (χ4n) is 2.13. The van der Waals surface area contributed by atoms with Gasteiger partial charge in [-0.25, -0.2) is 4.39 Å². The molecule has 1 aliphatic rings. The normalized spacial score (nSPS) is 30.0. The lowest BCUT2D eigenvalue weighted by Crippen LogP contribution is -2.33. The summed E-state index contributed by atoms with van der Waals surface area (Å²) < 4.78 is 13.7. The number of hydrogen-bond acceptors (Lipinski definition) is 1. The Labute approximate surface area is 87.5 Å². The molecule has 1 rings (SSSR count). The third-order valence-corrected chi connectivity index (χ3v) is 3.10.